The molecule has 2 aromatic rings. The van der Waals surface area contributed by atoms with Crippen LogP contribution in [-0.4, -0.2) is 16.3 Å². The van der Waals surface area contributed by atoms with Crippen molar-refractivity contribution in [1.82, 2.24) is 9.78 Å². The zero-order valence-electron chi connectivity index (χ0n) is 10.1. The van der Waals surface area contributed by atoms with Crippen LogP contribution in [-0.2, 0) is 6.42 Å². The van der Waals surface area contributed by atoms with Gasteiger partial charge < -0.3 is 5.32 Å². The summed E-state index contributed by atoms with van der Waals surface area (Å²) in [5.74, 6) is 0. The van der Waals surface area contributed by atoms with Crippen molar-refractivity contribution in [3.63, 3.8) is 0 Å². The Morgan fingerprint density at radius 2 is 2.24 bits per heavy atom. The summed E-state index contributed by atoms with van der Waals surface area (Å²) in [5.41, 5.74) is 3.92. The van der Waals surface area contributed by atoms with Crippen LogP contribution in [0.1, 0.15) is 23.6 Å². The highest BCUT2D eigenvalue weighted by atomic mass is 15.3. The molecule has 1 aliphatic rings. The third kappa shape index (κ3) is 2.05. The number of aryl methyl sites for hydroxylation is 2. The summed E-state index contributed by atoms with van der Waals surface area (Å²) in [6.07, 6.45) is 6.32. The number of nitrogens with one attached hydrogen (secondary N) is 1. The van der Waals surface area contributed by atoms with Gasteiger partial charge in [-0.15, -0.1) is 0 Å². The molecule has 0 bridgehead atoms. The smallest absolute Gasteiger partial charge is 0.0694 e. The van der Waals surface area contributed by atoms with Gasteiger partial charge in [-0.2, -0.15) is 5.10 Å². The fourth-order valence-corrected chi connectivity index (χ4v) is 2.42. The number of hydrogen-bond donors (Lipinski definition) is 1. The molecule has 1 atom stereocenters. The molecule has 3 nitrogen and oxygen atoms in total. The quantitative estimate of drug-likeness (QED) is 0.812. The van der Waals surface area contributed by atoms with Crippen molar-refractivity contribution in [2.24, 2.45) is 0 Å². The Bertz CT molecular complexity index is 489. The predicted molar refractivity (Wildman–Crippen MR) is 69.3 cm³/mol. The van der Waals surface area contributed by atoms with Gasteiger partial charge in [0.05, 0.1) is 12.2 Å². The number of fused-ring (bicyclic) bond motifs is 1. The summed E-state index contributed by atoms with van der Waals surface area (Å²) in [6.45, 7) is 3.04. The highest BCUT2D eigenvalue weighted by molar-refractivity contribution is 5.52. The molecular weight excluding hydrogens is 210 g/mol. The molecule has 1 aliphatic heterocycles. The largest absolute Gasteiger partial charge is 0.383 e. The van der Waals surface area contributed by atoms with E-state index in [1.54, 1.807) is 0 Å². The number of aromatic nitrogens is 2. The van der Waals surface area contributed by atoms with Crippen LogP contribution >= 0.6 is 0 Å². The first-order valence-electron chi connectivity index (χ1n) is 6.15. The van der Waals surface area contributed by atoms with Crippen LogP contribution in [0, 0.1) is 6.92 Å². The molecule has 0 spiro atoms. The molecule has 0 amide bonds. The van der Waals surface area contributed by atoms with Gasteiger partial charge in [-0.1, -0.05) is 18.2 Å². The van der Waals surface area contributed by atoms with Crippen LogP contribution in [0.4, 0.5) is 5.69 Å². The zero-order chi connectivity index (χ0) is 11.7. The molecule has 1 aromatic heterocycles. The van der Waals surface area contributed by atoms with Crippen LogP contribution in [0.3, 0.4) is 0 Å². The first-order valence-corrected chi connectivity index (χ1v) is 6.15. The summed E-state index contributed by atoms with van der Waals surface area (Å²) in [7, 11) is 0. The maximum absolute atomic E-state index is 4.42. The van der Waals surface area contributed by atoms with Gasteiger partial charge in [0.15, 0.2) is 0 Å². The Kier molecular flexibility index (Phi) is 2.59. The average molecular weight is 227 g/mol. The predicted octanol–water partition coefficient (Wildman–Crippen LogP) is 2.79. The van der Waals surface area contributed by atoms with E-state index < -0.39 is 0 Å². The van der Waals surface area contributed by atoms with Crippen molar-refractivity contribution < 1.29 is 0 Å². The first-order chi connectivity index (χ1) is 8.33. The third-order valence-electron chi connectivity index (χ3n) is 3.40. The van der Waals surface area contributed by atoms with Crippen LogP contribution in [0.2, 0.25) is 0 Å². The lowest BCUT2D eigenvalue weighted by Crippen LogP contribution is -2.17. The fraction of sp³-hybridized carbons (Fsp3) is 0.357. The first kappa shape index (κ1) is 10.4. The van der Waals surface area contributed by atoms with Crippen molar-refractivity contribution in [1.29, 1.82) is 0 Å². The van der Waals surface area contributed by atoms with Gasteiger partial charge in [0.2, 0.25) is 0 Å². The molecule has 0 saturated heterocycles. The number of benzene rings is 1. The molecular formula is C14H17N3. The number of nitrogens with zero attached hydrogens (tertiary/aromatic N) is 2. The van der Waals surface area contributed by atoms with Crippen LogP contribution in [0.15, 0.2) is 36.7 Å². The van der Waals surface area contributed by atoms with E-state index in [4.69, 9.17) is 0 Å². The lowest BCUT2D eigenvalue weighted by atomic mass is 10.1. The Hall–Kier alpha value is -1.77. The minimum Gasteiger partial charge on any atom is -0.383 e. The molecule has 88 valence electrons. The second-order valence-corrected chi connectivity index (χ2v) is 4.73. The summed E-state index contributed by atoms with van der Waals surface area (Å²) >= 11 is 0. The molecule has 0 aliphatic carbocycles. The van der Waals surface area contributed by atoms with Gasteiger partial charge >= 0.3 is 0 Å². The van der Waals surface area contributed by atoms with Gasteiger partial charge in [-0.3, -0.25) is 4.68 Å². The van der Waals surface area contributed by atoms with Gasteiger partial charge in [-0.05, 0) is 37.0 Å². The van der Waals surface area contributed by atoms with Crippen molar-refractivity contribution in [3.05, 3.63) is 47.8 Å². The lowest BCUT2D eigenvalue weighted by Gasteiger charge is -2.15. The minimum atomic E-state index is 0.455. The van der Waals surface area contributed by atoms with Crippen LogP contribution in [0.5, 0.6) is 0 Å². The van der Waals surface area contributed by atoms with E-state index in [1.165, 1.54) is 16.8 Å². The second-order valence-electron chi connectivity index (χ2n) is 4.73. The third-order valence-corrected chi connectivity index (χ3v) is 3.40. The molecule has 1 N–H and O–H groups in total. The molecule has 17 heavy (non-hydrogen) atoms. The molecule has 2 heterocycles. The molecule has 1 unspecified atom stereocenters. The molecule has 0 saturated carbocycles. The Labute approximate surface area is 101 Å². The van der Waals surface area contributed by atoms with Gasteiger partial charge in [-0.25, -0.2) is 0 Å². The maximum Gasteiger partial charge on any atom is 0.0694 e. The molecule has 1 aromatic carbocycles. The van der Waals surface area contributed by atoms with Crippen LogP contribution < -0.4 is 5.32 Å². The van der Waals surface area contributed by atoms with Crippen LogP contribution in [0.25, 0.3) is 0 Å². The van der Waals surface area contributed by atoms with Crippen molar-refractivity contribution in [2.75, 3.05) is 11.9 Å². The average Bonchev–Trinajstić information content (AvgIpc) is 2.66. The number of para-hydroxylation sites is 1. The van der Waals surface area contributed by atoms with Crippen molar-refractivity contribution >= 4 is 5.69 Å². The number of anilines is 1. The fourth-order valence-electron chi connectivity index (χ4n) is 2.42. The SMILES string of the molecule is Cc1cnn(C2CCc3ccccc3NC2)c1. The summed E-state index contributed by atoms with van der Waals surface area (Å²) < 4.78 is 2.09. The molecule has 0 radical (unpaired) electrons. The van der Waals surface area contributed by atoms with Crippen molar-refractivity contribution in [3.8, 4) is 0 Å². The van der Waals surface area contributed by atoms with E-state index in [9.17, 15) is 0 Å². The monoisotopic (exact) mass is 227 g/mol. The topological polar surface area (TPSA) is 29.9 Å². The summed E-state index contributed by atoms with van der Waals surface area (Å²) in [5, 5.41) is 7.94. The van der Waals surface area contributed by atoms with Gasteiger partial charge in [0, 0.05) is 18.4 Å². The molecule has 3 rings (SSSR count). The Balaban J connectivity index is 1.81. The van der Waals surface area contributed by atoms with E-state index in [2.05, 4.69) is 52.5 Å². The van der Waals surface area contributed by atoms with E-state index in [1.807, 2.05) is 6.20 Å². The summed E-state index contributed by atoms with van der Waals surface area (Å²) in [4.78, 5) is 0. The highest BCUT2D eigenvalue weighted by Gasteiger charge is 2.17. The van der Waals surface area contributed by atoms with E-state index in [0.717, 1.165) is 19.4 Å². The number of hydrogen-bond acceptors (Lipinski definition) is 2. The van der Waals surface area contributed by atoms with E-state index >= 15 is 0 Å². The van der Waals surface area contributed by atoms with Gasteiger partial charge in [0.1, 0.15) is 0 Å². The minimum absolute atomic E-state index is 0.455. The molecule has 3 heteroatoms. The number of rotatable bonds is 1. The van der Waals surface area contributed by atoms with Crippen molar-refractivity contribution in [2.45, 2.75) is 25.8 Å². The van der Waals surface area contributed by atoms with E-state index in [-0.39, 0.29) is 0 Å². The maximum atomic E-state index is 4.42. The van der Waals surface area contributed by atoms with Gasteiger partial charge in [0.25, 0.3) is 0 Å². The Morgan fingerprint density at radius 1 is 1.35 bits per heavy atom. The molecule has 0 fully saturated rings. The normalized spacial score (nSPS) is 19.2. The standard InChI is InChI=1S/C14H17N3/c1-11-8-16-17(10-11)13-7-6-12-4-2-3-5-14(12)15-9-13/h2-5,8,10,13,15H,6-7,9H2,1H3. The highest BCUT2D eigenvalue weighted by Crippen LogP contribution is 2.25. The lowest BCUT2D eigenvalue weighted by molar-refractivity contribution is 0.449. The summed E-state index contributed by atoms with van der Waals surface area (Å²) in [6, 6.07) is 9.02. The zero-order valence-corrected chi connectivity index (χ0v) is 10.1. The Morgan fingerprint density at radius 3 is 3.06 bits per heavy atom. The second kappa shape index (κ2) is 4.24. The van der Waals surface area contributed by atoms with E-state index in [0.29, 0.717) is 6.04 Å².